The van der Waals surface area contributed by atoms with E-state index in [1.807, 2.05) is 0 Å². The summed E-state index contributed by atoms with van der Waals surface area (Å²) in [6.45, 7) is 2.34. The Bertz CT molecular complexity index is 950. The highest BCUT2D eigenvalue weighted by Gasteiger charge is 2.32. The van der Waals surface area contributed by atoms with Crippen molar-refractivity contribution in [2.45, 2.75) is 25.3 Å². The summed E-state index contributed by atoms with van der Waals surface area (Å²) in [5.74, 6) is -3.62. The Balaban J connectivity index is 1.58. The highest BCUT2D eigenvalue weighted by atomic mass is 32.1. The Morgan fingerprint density at radius 2 is 1.93 bits per heavy atom. The molecule has 0 spiro atoms. The summed E-state index contributed by atoms with van der Waals surface area (Å²) in [4.78, 5) is 17.3. The maximum absolute atomic E-state index is 14.2. The molecule has 1 amide bonds. The average molecular weight is 397 g/mol. The van der Waals surface area contributed by atoms with Gasteiger partial charge in [-0.15, -0.1) is 0 Å². The third-order valence-electron chi connectivity index (χ3n) is 5.20. The number of aromatic nitrogens is 2. The zero-order valence-electron chi connectivity index (χ0n) is 14.4. The lowest BCUT2D eigenvalue weighted by Crippen LogP contribution is -2.41. The van der Waals surface area contributed by atoms with E-state index in [1.54, 1.807) is 9.47 Å². The first-order chi connectivity index (χ1) is 13.0. The van der Waals surface area contributed by atoms with Gasteiger partial charge in [-0.25, -0.2) is 13.2 Å². The minimum absolute atomic E-state index is 0.0514. The van der Waals surface area contributed by atoms with Crippen LogP contribution < -0.4 is 0 Å². The fraction of sp³-hybridized carbons (Fsp3) is 0.444. The summed E-state index contributed by atoms with van der Waals surface area (Å²) in [5, 5.41) is 0. The van der Waals surface area contributed by atoms with Gasteiger partial charge in [0.05, 0.1) is 19.6 Å². The molecule has 2 aliphatic rings. The van der Waals surface area contributed by atoms with Crippen molar-refractivity contribution in [1.29, 1.82) is 0 Å². The smallest absolute Gasteiger partial charge is 0.228 e. The zero-order chi connectivity index (χ0) is 19.1. The fourth-order valence-electron chi connectivity index (χ4n) is 3.83. The number of carbonyl (C=O) groups is 1. The number of carbonyl (C=O) groups excluding carboxylic acids is 1. The number of aromatic amines is 1. The number of hydrogen-bond acceptors (Lipinski definition) is 3. The van der Waals surface area contributed by atoms with Crippen LogP contribution in [0.25, 0.3) is 0 Å². The predicted molar refractivity (Wildman–Crippen MR) is 93.5 cm³/mol. The Hall–Kier alpha value is -2.13. The van der Waals surface area contributed by atoms with Crippen molar-refractivity contribution < 1.29 is 22.7 Å². The number of nitrogens with zero attached hydrogens (tertiary/aromatic N) is 2. The predicted octanol–water partition coefficient (Wildman–Crippen LogP) is 2.70. The first kappa shape index (κ1) is 18.2. The van der Waals surface area contributed by atoms with Gasteiger partial charge in [0.1, 0.15) is 5.82 Å². The molecule has 4 rings (SSSR count). The Kier molecular flexibility index (Phi) is 4.81. The number of H-pyrrole nitrogens is 1. The van der Waals surface area contributed by atoms with E-state index < -0.39 is 23.4 Å². The first-order valence-electron chi connectivity index (χ1n) is 8.75. The molecule has 1 atom stereocenters. The molecule has 0 unspecified atom stereocenters. The first-order valence-corrected chi connectivity index (χ1v) is 9.16. The van der Waals surface area contributed by atoms with Crippen molar-refractivity contribution in [2.75, 3.05) is 26.3 Å². The van der Waals surface area contributed by atoms with Crippen LogP contribution in [0.4, 0.5) is 13.2 Å². The molecule has 27 heavy (non-hydrogen) atoms. The van der Waals surface area contributed by atoms with Crippen molar-refractivity contribution in [1.82, 2.24) is 14.5 Å². The van der Waals surface area contributed by atoms with E-state index in [0.717, 1.165) is 17.8 Å². The Morgan fingerprint density at radius 3 is 2.67 bits per heavy atom. The molecule has 5 nitrogen and oxygen atoms in total. The summed E-state index contributed by atoms with van der Waals surface area (Å²) in [6, 6.07) is 1.72. The van der Waals surface area contributed by atoms with Crippen molar-refractivity contribution in [3.63, 3.8) is 0 Å². The van der Waals surface area contributed by atoms with E-state index in [0.29, 0.717) is 36.8 Å². The van der Waals surface area contributed by atoms with Crippen LogP contribution in [0, 0.1) is 22.2 Å². The summed E-state index contributed by atoms with van der Waals surface area (Å²) in [7, 11) is 0. The minimum Gasteiger partial charge on any atom is -0.378 e. The summed E-state index contributed by atoms with van der Waals surface area (Å²) in [6.07, 6.45) is 0.420. The van der Waals surface area contributed by atoms with E-state index in [1.165, 1.54) is 0 Å². The van der Waals surface area contributed by atoms with Gasteiger partial charge in [0.2, 0.25) is 5.91 Å². The molecule has 1 fully saturated rings. The van der Waals surface area contributed by atoms with E-state index in [9.17, 15) is 18.0 Å². The van der Waals surface area contributed by atoms with Crippen molar-refractivity contribution in [3.05, 3.63) is 51.3 Å². The van der Waals surface area contributed by atoms with Crippen LogP contribution in [0.15, 0.2) is 12.1 Å². The largest absolute Gasteiger partial charge is 0.378 e. The molecule has 0 saturated carbocycles. The normalized spacial score (nSPS) is 19.4. The molecule has 2 aliphatic heterocycles. The molecular formula is C18H18F3N3O2S. The molecule has 9 heteroatoms. The van der Waals surface area contributed by atoms with E-state index in [4.69, 9.17) is 17.0 Å². The molecule has 144 valence electrons. The molecule has 1 N–H and O–H groups in total. The monoisotopic (exact) mass is 397 g/mol. The molecular weight excluding hydrogens is 379 g/mol. The summed E-state index contributed by atoms with van der Waals surface area (Å²) >= 11 is 5.30. The van der Waals surface area contributed by atoms with Crippen LogP contribution in [0.5, 0.6) is 0 Å². The van der Waals surface area contributed by atoms with Crippen molar-refractivity contribution >= 4 is 18.1 Å². The lowest BCUT2D eigenvalue weighted by molar-refractivity contribution is -0.134. The number of hydrogen-bond donors (Lipinski definition) is 1. The maximum Gasteiger partial charge on any atom is 0.228 e. The van der Waals surface area contributed by atoms with Crippen LogP contribution >= 0.6 is 12.2 Å². The fourth-order valence-corrected chi connectivity index (χ4v) is 4.14. The Labute approximate surface area is 158 Å². The molecule has 1 aromatic carbocycles. The lowest BCUT2D eigenvalue weighted by Gasteiger charge is -2.26. The number of amides is 1. The molecule has 0 bridgehead atoms. The van der Waals surface area contributed by atoms with Gasteiger partial charge < -0.3 is 19.2 Å². The second-order valence-corrected chi connectivity index (χ2v) is 7.18. The molecule has 2 aromatic rings. The average Bonchev–Trinajstić information content (AvgIpc) is 3.21. The van der Waals surface area contributed by atoms with Crippen molar-refractivity contribution in [2.24, 2.45) is 0 Å². The number of imidazole rings is 1. The van der Waals surface area contributed by atoms with Gasteiger partial charge in [0.25, 0.3) is 0 Å². The van der Waals surface area contributed by atoms with Crippen molar-refractivity contribution in [3.8, 4) is 0 Å². The standard InChI is InChI=1S/C18H18F3N3O2S/c19-11-1-2-12(20)17(21)16(11)10-7-14-13(22-18(27)24(14)9-10)8-15(25)23-3-5-26-6-4-23/h1-2,10H,3-9H2,(H,22,27)/t10-/m0/s1. The van der Waals surface area contributed by atoms with Gasteiger partial charge in [-0.05, 0) is 30.8 Å². The molecule has 0 aliphatic carbocycles. The summed E-state index contributed by atoms with van der Waals surface area (Å²) < 4.78 is 49.3. The highest BCUT2D eigenvalue weighted by Crippen LogP contribution is 2.35. The quantitative estimate of drug-likeness (QED) is 0.640. The molecule has 1 saturated heterocycles. The third-order valence-corrected chi connectivity index (χ3v) is 5.52. The summed E-state index contributed by atoms with van der Waals surface area (Å²) in [5.41, 5.74) is 1.13. The van der Waals surface area contributed by atoms with Gasteiger partial charge in [0.15, 0.2) is 16.4 Å². The van der Waals surface area contributed by atoms with Crippen LogP contribution in [-0.4, -0.2) is 46.7 Å². The van der Waals surface area contributed by atoms with E-state index >= 15 is 0 Å². The molecule has 0 radical (unpaired) electrons. The number of benzene rings is 1. The van der Waals surface area contributed by atoms with Gasteiger partial charge in [-0.3, -0.25) is 4.79 Å². The van der Waals surface area contributed by atoms with Gasteiger partial charge in [0, 0.05) is 42.5 Å². The second kappa shape index (κ2) is 7.12. The van der Waals surface area contributed by atoms with Gasteiger partial charge >= 0.3 is 0 Å². The van der Waals surface area contributed by atoms with Crippen LogP contribution in [-0.2, 0) is 28.9 Å². The number of fused-ring (bicyclic) bond motifs is 1. The topological polar surface area (TPSA) is 50.3 Å². The van der Waals surface area contributed by atoms with Crippen LogP contribution in [0.2, 0.25) is 0 Å². The number of ether oxygens (including phenoxy) is 1. The molecule has 1 aromatic heterocycles. The number of morpholine rings is 1. The van der Waals surface area contributed by atoms with Gasteiger partial charge in [-0.2, -0.15) is 0 Å². The van der Waals surface area contributed by atoms with E-state index in [2.05, 4.69) is 4.98 Å². The van der Waals surface area contributed by atoms with Gasteiger partial charge in [-0.1, -0.05) is 0 Å². The molecule has 3 heterocycles. The SMILES string of the molecule is O=C(Cc1[nH]c(=S)n2c1C[C@H](c1c(F)ccc(F)c1F)C2)N1CCOCC1. The lowest BCUT2D eigenvalue weighted by atomic mass is 9.95. The minimum atomic E-state index is -1.16. The highest BCUT2D eigenvalue weighted by molar-refractivity contribution is 7.71. The number of nitrogens with one attached hydrogen (secondary N) is 1. The van der Waals surface area contributed by atoms with Crippen LogP contribution in [0.1, 0.15) is 22.9 Å². The Morgan fingerprint density at radius 1 is 1.22 bits per heavy atom. The maximum atomic E-state index is 14.2. The second-order valence-electron chi connectivity index (χ2n) is 6.79. The van der Waals surface area contributed by atoms with Crippen LogP contribution in [0.3, 0.4) is 0 Å². The third kappa shape index (κ3) is 3.29. The number of halogens is 3. The van der Waals surface area contributed by atoms with E-state index in [-0.39, 0.29) is 30.9 Å². The zero-order valence-corrected chi connectivity index (χ0v) is 15.3. The number of rotatable bonds is 3.